The van der Waals surface area contributed by atoms with Gasteiger partial charge in [-0.15, -0.1) is 0 Å². The summed E-state index contributed by atoms with van der Waals surface area (Å²) in [4.78, 5) is 14.8. The number of carboxylic acids is 1. The van der Waals surface area contributed by atoms with Gasteiger partial charge in [0.25, 0.3) is 0 Å². The largest absolute Gasteiger partial charge is 0.487 e. The van der Waals surface area contributed by atoms with Crippen LogP contribution in [0.1, 0.15) is 27.2 Å². The van der Waals surface area contributed by atoms with E-state index in [2.05, 4.69) is 11.1 Å². The average Bonchev–Trinajstić information content (AvgIpc) is 2.38. The Morgan fingerprint density at radius 3 is 2.63 bits per heavy atom. The topological polar surface area (TPSA) is 59.4 Å². The third kappa shape index (κ3) is 3.31. The molecule has 4 heteroatoms. The van der Waals surface area contributed by atoms with Crippen molar-refractivity contribution in [3.63, 3.8) is 0 Å². The standard InChI is InChI=1S/C15H15NO3/c1-10-3-6-14(11(2)7-10)19-9-13-5-4-12(8-16-13)15(17)18/h3-8H,9H2,1-2H3,(H,17,18). The van der Waals surface area contributed by atoms with Crippen molar-refractivity contribution < 1.29 is 14.6 Å². The number of aromatic nitrogens is 1. The van der Waals surface area contributed by atoms with Crippen LogP contribution in [0.3, 0.4) is 0 Å². The zero-order valence-corrected chi connectivity index (χ0v) is 10.9. The number of nitrogens with zero attached hydrogens (tertiary/aromatic N) is 1. The fourth-order valence-electron chi connectivity index (χ4n) is 1.75. The highest BCUT2D eigenvalue weighted by Gasteiger charge is 2.04. The molecule has 0 saturated heterocycles. The van der Waals surface area contributed by atoms with Crippen molar-refractivity contribution in [2.45, 2.75) is 20.5 Å². The lowest BCUT2D eigenvalue weighted by molar-refractivity contribution is 0.0696. The molecule has 19 heavy (non-hydrogen) atoms. The third-order valence-corrected chi connectivity index (χ3v) is 2.78. The molecule has 1 N–H and O–H groups in total. The summed E-state index contributed by atoms with van der Waals surface area (Å²) >= 11 is 0. The molecule has 4 nitrogen and oxygen atoms in total. The van der Waals surface area contributed by atoms with E-state index in [1.807, 2.05) is 26.0 Å². The quantitative estimate of drug-likeness (QED) is 0.914. The molecule has 1 heterocycles. The van der Waals surface area contributed by atoms with Gasteiger partial charge in [-0.3, -0.25) is 4.98 Å². The number of benzene rings is 1. The predicted octanol–water partition coefficient (Wildman–Crippen LogP) is 2.98. The fourth-order valence-corrected chi connectivity index (χ4v) is 1.75. The van der Waals surface area contributed by atoms with Crippen LogP contribution in [0.25, 0.3) is 0 Å². The molecule has 0 aliphatic heterocycles. The minimum absolute atomic E-state index is 0.176. The lowest BCUT2D eigenvalue weighted by Crippen LogP contribution is -2.02. The van der Waals surface area contributed by atoms with Crippen molar-refractivity contribution in [1.82, 2.24) is 4.98 Å². The summed E-state index contributed by atoms with van der Waals surface area (Å²) in [5.74, 6) is -0.163. The maximum Gasteiger partial charge on any atom is 0.337 e. The Morgan fingerprint density at radius 1 is 1.26 bits per heavy atom. The molecule has 0 aliphatic carbocycles. The van der Waals surface area contributed by atoms with Gasteiger partial charge in [0.2, 0.25) is 0 Å². The summed E-state index contributed by atoms with van der Waals surface area (Å²) in [7, 11) is 0. The molecule has 0 fully saturated rings. The maximum absolute atomic E-state index is 10.7. The van der Waals surface area contributed by atoms with E-state index in [-0.39, 0.29) is 5.56 Å². The Balaban J connectivity index is 2.04. The molecule has 0 atom stereocenters. The first-order valence-corrected chi connectivity index (χ1v) is 5.94. The van der Waals surface area contributed by atoms with Crippen LogP contribution in [0.4, 0.5) is 0 Å². The van der Waals surface area contributed by atoms with Gasteiger partial charge in [-0.1, -0.05) is 17.7 Å². The number of aromatic carboxylic acids is 1. The smallest absolute Gasteiger partial charge is 0.337 e. The van der Waals surface area contributed by atoms with Crippen LogP contribution in [0.15, 0.2) is 36.5 Å². The van der Waals surface area contributed by atoms with Crippen LogP contribution in [0.2, 0.25) is 0 Å². The van der Waals surface area contributed by atoms with Crippen molar-refractivity contribution in [1.29, 1.82) is 0 Å². The van der Waals surface area contributed by atoms with Crippen LogP contribution in [-0.2, 0) is 6.61 Å². The lowest BCUT2D eigenvalue weighted by Gasteiger charge is -2.09. The Bertz CT molecular complexity index is 591. The minimum atomic E-state index is -0.977. The van der Waals surface area contributed by atoms with E-state index in [1.165, 1.54) is 17.8 Å². The van der Waals surface area contributed by atoms with Gasteiger partial charge >= 0.3 is 5.97 Å². The minimum Gasteiger partial charge on any atom is -0.487 e. The van der Waals surface area contributed by atoms with Crippen LogP contribution in [-0.4, -0.2) is 16.1 Å². The Morgan fingerprint density at radius 2 is 2.05 bits per heavy atom. The summed E-state index contributed by atoms with van der Waals surface area (Å²) in [6, 6.07) is 9.15. The highest BCUT2D eigenvalue weighted by molar-refractivity contribution is 5.87. The van der Waals surface area contributed by atoms with Crippen molar-refractivity contribution >= 4 is 5.97 Å². The zero-order valence-electron chi connectivity index (χ0n) is 10.9. The average molecular weight is 257 g/mol. The van der Waals surface area contributed by atoms with Crippen molar-refractivity contribution in [3.8, 4) is 5.75 Å². The molecule has 0 aliphatic rings. The van der Waals surface area contributed by atoms with E-state index in [9.17, 15) is 4.79 Å². The van der Waals surface area contributed by atoms with E-state index in [0.717, 1.165) is 11.3 Å². The molecule has 1 aromatic carbocycles. The molecule has 1 aromatic heterocycles. The first-order valence-electron chi connectivity index (χ1n) is 5.94. The van der Waals surface area contributed by atoms with Gasteiger partial charge in [0, 0.05) is 6.20 Å². The predicted molar refractivity (Wildman–Crippen MR) is 71.4 cm³/mol. The molecule has 0 spiro atoms. The SMILES string of the molecule is Cc1ccc(OCc2ccc(C(=O)O)cn2)c(C)c1. The van der Waals surface area contributed by atoms with Crippen LogP contribution < -0.4 is 4.74 Å². The summed E-state index contributed by atoms with van der Waals surface area (Å²) in [6.07, 6.45) is 1.34. The van der Waals surface area contributed by atoms with Crippen LogP contribution in [0, 0.1) is 13.8 Å². The molecule has 2 aromatic rings. The molecule has 0 amide bonds. The molecule has 98 valence electrons. The van der Waals surface area contributed by atoms with E-state index in [0.29, 0.717) is 12.3 Å². The number of carbonyl (C=O) groups is 1. The number of rotatable bonds is 4. The van der Waals surface area contributed by atoms with Gasteiger partial charge in [0.15, 0.2) is 0 Å². The van der Waals surface area contributed by atoms with Crippen molar-refractivity contribution in [2.75, 3.05) is 0 Å². The van der Waals surface area contributed by atoms with Crippen molar-refractivity contribution in [3.05, 3.63) is 58.9 Å². The lowest BCUT2D eigenvalue weighted by atomic mass is 10.1. The second-order valence-corrected chi connectivity index (χ2v) is 4.40. The molecule has 0 saturated carbocycles. The van der Waals surface area contributed by atoms with Gasteiger partial charge < -0.3 is 9.84 Å². The van der Waals surface area contributed by atoms with E-state index in [1.54, 1.807) is 6.07 Å². The Labute approximate surface area is 111 Å². The van der Waals surface area contributed by atoms with Crippen LogP contribution in [0.5, 0.6) is 5.75 Å². The van der Waals surface area contributed by atoms with Gasteiger partial charge in [0.1, 0.15) is 12.4 Å². The molecule has 2 rings (SSSR count). The molecule has 0 radical (unpaired) electrons. The number of carboxylic acid groups (broad SMARTS) is 1. The highest BCUT2D eigenvalue weighted by Crippen LogP contribution is 2.19. The van der Waals surface area contributed by atoms with E-state index >= 15 is 0 Å². The molecular formula is C15H15NO3. The Hall–Kier alpha value is -2.36. The summed E-state index contributed by atoms with van der Waals surface area (Å²) in [5, 5.41) is 8.77. The monoisotopic (exact) mass is 257 g/mol. The summed E-state index contributed by atoms with van der Waals surface area (Å²) < 4.78 is 5.67. The second kappa shape index (κ2) is 5.52. The number of hydrogen-bond acceptors (Lipinski definition) is 3. The fraction of sp³-hybridized carbons (Fsp3) is 0.200. The summed E-state index contributed by atoms with van der Waals surface area (Å²) in [6.45, 7) is 4.34. The van der Waals surface area contributed by atoms with E-state index in [4.69, 9.17) is 9.84 Å². The third-order valence-electron chi connectivity index (χ3n) is 2.78. The molecule has 0 unspecified atom stereocenters. The number of aryl methyl sites for hydroxylation is 2. The van der Waals surface area contributed by atoms with Crippen LogP contribution >= 0.6 is 0 Å². The zero-order chi connectivity index (χ0) is 13.8. The van der Waals surface area contributed by atoms with Gasteiger partial charge in [-0.25, -0.2) is 4.79 Å². The summed E-state index contributed by atoms with van der Waals surface area (Å²) in [5.41, 5.74) is 3.14. The molecule has 0 bridgehead atoms. The number of ether oxygens (including phenoxy) is 1. The number of hydrogen-bond donors (Lipinski definition) is 1. The van der Waals surface area contributed by atoms with Crippen molar-refractivity contribution in [2.24, 2.45) is 0 Å². The Kier molecular flexibility index (Phi) is 3.80. The van der Waals surface area contributed by atoms with E-state index < -0.39 is 5.97 Å². The van der Waals surface area contributed by atoms with Gasteiger partial charge in [0.05, 0.1) is 11.3 Å². The first-order chi connectivity index (χ1) is 9.06. The molecular weight excluding hydrogens is 242 g/mol. The number of pyridine rings is 1. The maximum atomic E-state index is 10.7. The van der Waals surface area contributed by atoms with Gasteiger partial charge in [-0.2, -0.15) is 0 Å². The first kappa shape index (κ1) is 13.1. The normalized spacial score (nSPS) is 10.2. The second-order valence-electron chi connectivity index (χ2n) is 4.40. The highest BCUT2D eigenvalue weighted by atomic mass is 16.5. The van der Waals surface area contributed by atoms with Gasteiger partial charge in [-0.05, 0) is 37.6 Å².